The summed E-state index contributed by atoms with van der Waals surface area (Å²) in [5.74, 6) is 3.53. The van der Waals surface area contributed by atoms with Crippen molar-refractivity contribution in [2.45, 2.75) is 62.3 Å². The fourth-order valence-electron chi connectivity index (χ4n) is 7.69. The first kappa shape index (κ1) is 18.8. The maximum atomic E-state index is 13.1. The van der Waals surface area contributed by atoms with Crippen LogP contribution in [0, 0.1) is 17.8 Å². The highest BCUT2D eigenvalue weighted by Crippen LogP contribution is 2.57. The van der Waals surface area contributed by atoms with Crippen molar-refractivity contribution in [3.8, 4) is 0 Å². The number of carbonyl (C=O) groups is 1. The molecule has 9 rings (SSSR count). The molecule has 2 amide bonds. The fraction of sp³-hybridized carbons (Fsp3) is 0.600. The maximum Gasteiger partial charge on any atom is 0.317 e. The Kier molecular flexibility index (Phi) is 4.06. The van der Waals surface area contributed by atoms with Crippen molar-refractivity contribution in [2.75, 3.05) is 13.1 Å². The van der Waals surface area contributed by atoms with E-state index in [4.69, 9.17) is 0 Å². The van der Waals surface area contributed by atoms with Gasteiger partial charge in [0.25, 0.3) is 0 Å². The highest BCUT2D eigenvalue weighted by atomic mass is 16.2. The van der Waals surface area contributed by atoms with Gasteiger partial charge in [-0.2, -0.15) is 5.21 Å². The number of benzene rings is 1. The van der Waals surface area contributed by atoms with Gasteiger partial charge in [0, 0.05) is 19.5 Å². The monoisotopic (exact) mass is 430 g/mol. The van der Waals surface area contributed by atoms with Crippen LogP contribution in [-0.4, -0.2) is 50.7 Å². The molecule has 7 heteroatoms. The number of carbonyl (C=O) groups excluding carboxylic acids is 1. The van der Waals surface area contributed by atoms with Crippen LogP contribution in [0.4, 0.5) is 4.79 Å². The predicted octanol–water partition coefficient (Wildman–Crippen LogP) is 3.33. The Labute approximate surface area is 188 Å². The third-order valence-corrected chi connectivity index (χ3v) is 9.29. The molecule has 7 aliphatic rings. The Balaban J connectivity index is 1.04. The van der Waals surface area contributed by atoms with Gasteiger partial charge < -0.3 is 10.2 Å². The number of hydrogen-bond donors (Lipinski definition) is 2. The SMILES string of the molecule is O=C(NC1C=C2C3CC2CC1C3)N1CCC2(CC1)CC(Cc1nn[nH]n1)c1ccccc12. The van der Waals surface area contributed by atoms with E-state index in [1.807, 2.05) is 0 Å². The quantitative estimate of drug-likeness (QED) is 0.732. The molecule has 1 aliphatic heterocycles. The van der Waals surface area contributed by atoms with Crippen LogP contribution in [0.25, 0.3) is 0 Å². The van der Waals surface area contributed by atoms with Crippen LogP contribution in [0.3, 0.4) is 0 Å². The number of H-pyrrole nitrogens is 1. The summed E-state index contributed by atoms with van der Waals surface area (Å²) in [7, 11) is 0. The summed E-state index contributed by atoms with van der Waals surface area (Å²) in [5.41, 5.74) is 4.71. The Morgan fingerprint density at radius 1 is 1.16 bits per heavy atom. The minimum atomic E-state index is 0.137. The number of hydrogen-bond acceptors (Lipinski definition) is 4. The lowest BCUT2D eigenvalue weighted by atomic mass is 9.52. The molecule has 1 saturated heterocycles. The number of rotatable bonds is 3. The molecule has 0 radical (unpaired) electrons. The molecule has 1 aromatic carbocycles. The van der Waals surface area contributed by atoms with Crippen molar-refractivity contribution < 1.29 is 4.79 Å². The number of nitrogens with zero attached hydrogens (tertiary/aromatic N) is 4. The summed E-state index contributed by atoms with van der Waals surface area (Å²) in [6, 6.07) is 9.26. The molecular weight excluding hydrogens is 400 g/mol. The van der Waals surface area contributed by atoms with E-state index in [1.54, 1.807) is 5.57 Å². The molecule has 2 aromatic rings. The second-order valence-corrected chi connectivity index (χ2v) is 10.8. The molecule has 2 N–H and O–H groups in total. The van der Waals surface area contributed by atoms with Gasteiger partial charge in [-0.25, -0.2) is 4.79 Å². The van der Waals surface area contributed by atoms with Crippen LogP contribution in [0.15, 0.2) is 35.9 Å². The van der Waals surface area contributed by atoms with Gasteiger partial charge in [0.05, 0.1) is 6.04 Å². The lowest BCUT2D eigenvalue weighted by Crippen LogP contribution is -2.55. The number of allylic oxidation sites excluding steroid dienone is 1. The van der Waals surface area contributed by atoms with Crippen LogP contribution < -0.4 is 5.32 Å². The topological polar surface area (TPSA) is 86.8 Å². The Bertz CT molecular complexity index is 1060. The van der Waals surface area contributed by atoms with Gasteiger partial charge in [-0.3, -0.25) is 0 Å². The highest BCUT2D eigenvalue weighted by molar-refractivity contribution is 5.75. The minimum absolute atomic E-state index is 0.137. The van der Waals surface area contributed by atoms with Crippen molar-refractivity contribution >= 4 is 6.03 Å². The molecule has 4 atom stereocenters. The van der Waals surface area contributed by atoms with Gasteiger partial charge in [0.2, 0.25) is 0 Å². The average molecular weight is 431 g/mol. The standard InChI is InChI=1S/C25H30N6O/c32-24(26-22-13-20-15-9-16(20)11-17(22)10-15)31-7-5-25(6-8-31)14-18(12-23-27-29-30-28-23)19-3-1-2-4-21(19)25/h1-4,13,15-18,22H,5-12,14H2,(H,26,32)(H,27,28,29,30). The van der Waals surface area contributed by atoms with Crippen molar-refractivity contribution in [3.63, 3.8) is 0 Å². The van der Waals surface area contributed by atoms with E-state index in [0.29, 0.717) is 11.8 Å². The lowest BCUT2D eigenvalue weighted by molar-refractivity contribution is 0.102. The van der Waals surface area contributed by atoms with Crippen molar-refractivity contribution in [2.24, 2.45) is 17.8 Å². The van der Waals surface area contributed by atoms with Crippen LogP contribution in [0.2, 0.25) is 0 Å². The van der Waals surface area contributed by atoms with Crippen LogP contribution >= 0.6 is 0 Å². The predicted molar refractivity (Wildman–Crippen MR) is 119 cm³/mol. The van der Waals surface area contributed by atoms with Crippen LogP contribution in [0.5, 0.6) is 0 Å². The molecule has 6 aliphatic carbocycles. The molecule has 3 saturated carbocycles. The summed E-state index contributed by atoms with van der Waals surface area (Å²) in [5, 5.41) is 18.1. The first-order valence-corrected chi connectivity index (χ1v) is 12.3. The van der Waals surface area contributed by atoms with Crippen molar-refractivity contribution in [3.05, 3.63) is 52.9 Å². The molecule has 4 unspecified atom stereocenters. The summed E-state index contributed by atoms with van der Waals surface area (Å²) in [6.07, 6.45) is 10.3. The van der Waals surface area contributed by atoms with E-state index in [9.17, 15) is 4.79 Å². The third-order valence-electron chi connectivity index (χ3n) is 9.29. The zero-order chi connectivity index (χ0) is 21.3. The van der Waals surface area contributed by atoms with Gasteiger partial charge in [-0.15, -0.1) is 10.2 Å². The minimum Gasteiger partial charge on any atom is -0.332 e. The first-order chi connectivity index (χ1) is 15.7. The third kappa shape index (κ3) is 2.79. The number of nitrogens with one attached hydrogen (secondary N) is 2. The van der Waals surface area contributed by atoms with Crippen LogP contribution in [-0.2, 0) is 11.8 Å². The number of likely N-dealkylation sites (tertiary alicyclic amines) is 1. The summed E-state index contributed by atoms with van der Waals surface area (Å²) < 4.78 is 0. The molecular formula is C25H30N6O. The number of aromatic amines is 1. The summed E-state index contributed by atoms with van der Waals surface area (Å²) >= 11 is 0. The number of fused-ring (bicyclic) bond motifs is 3. The number of piperidine rings is 1. The van der Waals surface area contributed by atoms with E-state index < -0.39 is 0 Å². The van der Waals surface area contributed by atoms with Gasteiger partial charge in [-0.1, -0.05) is 41.1 Å². The van der Waals surface area contributed by atoms with E-state index in [-0.39, 0.29) is 17.5 Å². The first-order valence-electron chi connectivity index (χ1n) is 12.3. The Morgan fingerprint density at radius 2 is 1.97 bits per heavy atom. The number of tetrazole rings is 1. The Hall–Kier alpha value is -2.70. The maximum absolute atomic E-state index is 13.1. The van der Waals surface area contributed by atoms with E-state index >= 15 is 0 Å². The highest BCUT2D eigenvalue weighted by Gasteiger charge is 2.50. The molecule has 7 nitrogen and oxygen atoms in total. The molecule has 4 bridgehead atoms. The van der Waals surface area contributed by atoms with Gasteiger partial charge in [0.15, 0.2) is 5.82 Å². The van der Waals surface area contributed by atoms with Gasteiger partial charge in [0.1, 0.15) is 0 Å². The largest absolute Gasteiger partial charge is 0.332 e. The van der Waals surface area contributed by atoms with Gasteiger partial charge in [-0.05, 0) is 78.7 Å². The van der Waals surface area contributed by atoms with E-state index in [0.717, 1.165) is 56.4 Å². The fourth-order valence-corrected chi connectivity index (χ4v) is 7.69. The van der Waals surface area contributed by atoms with E-state index in [1.165, 1.54) is 30.4 Å². The molecule has 4 fully saturated rings. The van der Waals surface area contributed by atoms with Crippen molar-refractivity contribution in [1.29, 1.82) is 0 Å². The zero-order valence-electron chi connectivity index (χ0n) is 18.3. The smallest absolute Gasteiger partial charge is 0.317 e. The second kappa shape index (κ2) is 6.90. The number of aromatic nitrogens is 4. The van der Waals surface area contributed by atoms with E-state index in [2.05, 4.69) is 61.2 Å². The zero-order valence-corrected chi connectivity index (χ0v) is 18.3. The average Bonchev–Trinajstić information content (AvgIpc) is 3.44. The second-order valence-electron chi connectivity index (χ2n) is 10.8. The van der Waals surface area contributed by atoms with Gasteiger partial charge >= 0.3 is 6.03 Å². The molecule has 1 aromatic heterocycles. The molecule has 1 spiro atoms. The number of amides is 2. The molecule has 32 heavy (non-hydrogen) atoms. The number of urea groups is 1. The Morgan fingerprint density at radius 3 is 2.69 bits per heavy atom. The normalized spacial score (nSPS) is 33.6. The summed E-state index contributed by atoms with van der Waals surface area (Å²) in [6.45, 7) is 1.66. The molecule has 166 valence electrons. The summed E-state index contributed by atoms with van der Waals surface area (Å²) in [4.78, 5) is 15.2. The molecule has 2 heterocycles. The van der Waals surface area contributed by atoms with Crippen LogP contribution in [0.1, 0.15) is 61.4 Å². The lowest BCUT2D eigenvalue weighted by Gasteiger charge is -2.54. The van der Waals surface area contributed by atoms with Crippen molar-refractivity contribution in [1.82, 2.24) is 30.8 Å².